The van der Waals surface area contributed by atoms with Crippen molar-refractivity contribution >= 4 is 23.3 Å². The fourth-order valence-electron chi connectivity index (χ4n) is 0.743. The van der Waals surface area contributed by atoms with Gasteiger partial charge in [0.05, 0.1) is 0 Å². The molecule has 0 atom stereocenters. The van der Waals surface area contributed by atoms with Gasteiger partial charge in [0, 0.05) is 10.7 Å². The number of halogens is 1. The van der Waals surface area contributed by atoms with Crippen molar-refractivity contribution in [3.05, 3.63) is 40.8 Å². The number of carbonyl (C=O) groups excluding carboxylic acids is 1. The zero-order valence-corrected chi connectivity index (χ0v) is 7.30. The predicted molar refractivity (Wildman–Crippen MR) is 50.2 cm³/mol. The number of rotatable bonds is 1. The summed E-state index contributed by atoms with van der Waals surface area (Å²) in [5.74, 6) is 0. The maximum Gasteiger partial charge on any atom is 0.384 e. The highest BCUT2D eigenvalue weighted by atomic mass is 35.5. The van der Waals surface area contributed by atoms with E-state index in [1.54, 1.807) is 24.3 Å². The van der Waals surface area contributed by atoms with E-state index in [2.05, 4.69) is 10.3 Å². The van der Waals surface area contributed by atoms with Crippen molar-refractivity contribution in [2.45, 2.75) is 0 Å². The van der Waals surface area contributed by atoms with Crippen LogP contribution in [0.5, 0.6) is 0 Å². The molecule has 0 fully saturated rings. The smallest absolute Gasteiger partial charge is 0.303 e. The first-order valence-corrected chi connectivity index (χ1v) is 3.79. The molecule has 66 valence electrons. The van der Waals surface area contributed by atoms with E-state index >= 15 is 0 Å². The molecule has 0 unspecified atom stereocenters. The molecule has 1 aromatic carbocycles. The van der Waals surface area contributed by atoms with E-state index in [-0.39, 0.29) is 0 Å². The largest absolute Gasteiger partial charge is 0.384 e. The minimum atomic E-state index is -0.558. The van der Waals surface area contributed by atoms with Crippen LogP contribution in [0.2, 0.25) is 5.02 Å². The van der Waals surface area contributed by atoms with Gasteiger partial charge in [-0.2, -0.15) is 11.5 Å². The quantitative estimate of drug-likeness (QED) is 0.524. The standard InChI is InChI=1S/C8H6ClN3O/c1-10-12-8(13)11-7-4-2-6(9)3-5-7/h2-5H,(H2,11,12,13). The molecule has 13 heavy (non-hydrogen) atoms. The molecule has 1 rings (SSSR count). The van der Waals surface area contributed by atoms with Crippen molar-refractivity contribution in [1.29, 1.82) is 0 Å². The number of hydrogen-bond acceptors (Lipinski definition) is 1. The predicted octanol–water partition coefficient (Wildman–Crippen LogP) is 2.30. The van der Waals surface area contributed by atoms with Gasteiger partial charge in [-0.15, -0.1) is 0 Å². The van der Waals surface area contributed by atoms with Gasteiger partial charge in [-0.25, -0.2) is 4.79 Å². The molecule has 0 radical (unpaired) electrons. The van der Waals surface area contributed by atoms with Crippen LogP contribution in [0.4, 0.5) is 10.5 Å². The SMILES string of the molecule is [C-]#[N+]NC(=O)Nc1ccc(Cl)cc1. The highest BCUT2D eigenvalue weighted by Gasteiger charge is 2.01. The maximum absolute atomic E-state index is 10.8. The number of nitrogens with one attached hydrogen (secondary N) is 2. The van der Waals surface area contributed by atoms with Crippen LogP contribution < -0.4 is 10.7 Å². The second-order valence-electron chi connectivity index (χ2n) is 2.18. The lowest BCUT2D eigenvalue weighted by molar-refractivity contribution is 0.255. The van der Waals surface area contributed by atoms with Crippen molar-refractivity contribution in [3.63, 3.8) is 0 Å². The van der Waals surface area contributed by atoms with E-state index in [4.69, 9.17) is 18.2 Å². The molecule has 2 amide bonds. The Balaban J connectivity index is 2.60. The molecule has 0 aliphatic heterocycles. The lowest BCUT2D eigenvalue weighted by Crippen LogP contribution is -2.22. The Morgan fingerprint density at radius 3 is 2.54 bits per heavy atom. The zero-order valence-electron chi connectivity index (χ0n) is 6.54. The second kappa shape index (κ2) is 4.33. The molecule has 5 heteroatoms. The average Bonchev–Trinajstić information content (AvgIpc) is 2.09. The summed E-state index contributed by atoms with van der Waals surface area (Å²) < 4.78 is 0. The summed E-state index contributed by atoms with van der Waals surface area (Å²) in [7, 11) is 0. The van der Waals surface area contributed by atoms with E-state index in [9.17, 15) is 4.79 Å². The lowest BCUT2D eigenvalue weighted by atomic mass is 10.3. The van der Waals surface area contributed by atoms with Crippen LogP contribution in [0.1, 0.15) is 0 Å². The number of nitrogens with zero attached hydrogens (tertiary/aromatic N) is 1. The van der Waals surface area contributed by atoms with Crippen LogP contribution in [-0.4, -0.2) is 6.03 Å². The third kappa shape index (κ3) is 3.01. The highest BCUT2D eigenvalue weighted by Crippen LogP contribution is 2.12. The Hall–Kier alpha value is -1.73. The highest BCUT2D eigenvalue weighted by molar-refractivity contribution is 6.30. The summed E-state index contributed by atoms with van der Waals surface area (Å²) in [6.45, 7) is 6.36. The van der Waals surface area contributed by atoms with E-state index in [1.165, 1.54) is 0 Å². The van der Waals surface area contributed by atoms with Crippen LogP contribution in [0.3, 0.4) is 0 Å². The molecule has 0 aliphatic rings. The van der Waals surface area contributed by atoms with Crippen molar-refractivity contribution in [3.8, 4) is 0 Å². The minimum Gasteiger partial charge on any atom is -0.303 e. The third-order valence-corrected chi connectivity index (χ3v) is 1.51. The molecule has 0 saturated heterocycles. The van der Waals surface area contributed by atoms with Crippen LogP contribution >= 0.6 is 11.6 Å². The summed E-state index contributed by atoms with van der Waals surface area (Å²) in [5, 5.41) is 3.04. The van der Waals surface area contributed by atoms with Crippen LogP contribution in [-0.2, 0) is 0 Å². The number of benzene rings is 1. The van der Waals surface area contributed by atoms with Gasteiger partial charge >= 0.3 is 6.03 Å². The summed E-state index contributed by atoms with van der Waals surface area (Å²) in [4.78, 5) is 13.5. The first-order valence-electron chi connectivity index (χ1n) is 3.41. The molecule has 0 aliphatic carbocycles. The van der Waals surface area contributed by atoms with Crippen molar-refractivity contribution < 1.29 is 4.79 Å². The molecule has 0 aromatic heterocycles. The van der Waals surface area contributed by atoms with Gasteiger partial charge in [0.2, 0.25) is 0 Å². The Bertz CT molecular complexity index is 341. The molecule has 0 heterocycles. The normalized spacial score (nSPS) is 8.62. The van der Waals surface area contributed by atoms with Gasteiger partial charge in [-0.3, -0.25) is 0 Å². The average molecular weight is 196 g/mol. The van der Waals surface area contributed by atoms with Crippen molar-refractivity contribution in [1.82, 2.24) is 5.43 Å². The Labute approximate surface area is 80.3 Å². The van der Waals surface area contributed by atoms with Gasteiger partial charge in [-0.05, 0) is 29.7 Å². The Morgan fingerprint density at radius 2 is 2.00 bits per heavy atom. The van der Waals surface area contributed by atoms with Gasteiger partial charge in [0.1, 0.15) is 0 Å². The summed E-state index contributed by atoms with van der Waals surface area (Å²) in [6, 6.07) is 6.03. The molecule has 0 spiro atoms. The first kappa shape index (κ1) is 9.36. The minimum absolute atomic E-state index is 0.558. The van der Waals surface area contributed by atoms with Gasteiger partial charge in [-0.1, -0.05) is 11.6 Å². The van der Waals surface area contributed by atoms with E-state index in [1.807, 2.05) is 5.43 Å². The molecule has 4 nitrogen and oxygen atoms in total. The van der Waals surface area contributed by atoms with Crippen molar-refractivity contribution in [2.24, 2.45) is 0 Å². The zero-order chi connectivity index (χ0) is 9.68. The van der Waals surface area contributed by atoms with Gasteiger partial charge in [0.15, 0.2) is 0 Å². The summed E-state index contributed by atoms with van der Waals surface area (Å²) in [5.41, 5.74) is 2.51. The van der Waals surface area contributed by atoms with E-state index in [0.29, 0.717) is 10.7 Å². The summed E-state index contributed by atoms with van der Waals surface area (Å²) >= 11 is 5.63. The fourth-order valence-corrected chi connectivity index (χ4v) is 0.869. The van der Waals surface area contributed by atoms with Crippen molar-refractivity contribution in [2.75, 3.05) is 5.32 Å². The first-order chi connectivity index (χ1) is 6.22. The lowest BCUT2D eigenvalue weighted by Gasteiger charge is -2.00. The topological polar surface area (TPSA) is 45.5 Å². The number of carbonyl (C=O) groups is 1. The van der Waals surface area contributed by atoms with Gasteiger partial charge in [0.25, 0.3) is 0 Å². The molecule has 0 bridgehead atoms. The fraction of sp³-hybridized carbons (Fsp3) is 0. The van der Waals surface area contributed by atoms with Crippen LogP contribution in [0.25, 0.3) is 4.95 Å². The second-order valence-corrected chi connectivity index (χ2v) is 2.62. The molecular weight excluding hydrogens is 190 g/mol. The molecular formula is C8H6ClN3O. The molecule has 0 saturated carbocycles. The van der Waals surface area contributed by atoms with E-state index in [0.717, 1.165) is 0 Å². The Morgan fingerprint density at radius 1 is 1.38 bits per heavy atom. The Kier molecular flexibility index (Phi) is 3.12. The molecule has 2 N–H and O–H groups in total. The van der Waals surface area contributed by atoms with E-state index < -0.39 is 6.03 Å². The summed E-state index contributed by atoms with van der Waals surface area (Å²) in [6.07, 6.45) is 0. The van der Waals surface area contributed by atoms with Crippen LogP contribution in [0, 0.1) is 6.57 Å². The molecule has 1 aromatic rings. The monoisotopic (exact) mass is 195 g/mol. The number of anilines is 1. The number of urea groups is 1. The maximum atomic E-state index is 10.8. The number of hydrogen-bond donors (Lipinski definition) is 2. The van der Waals surface area contributed by atoms with Gasteiger partial charge < -0.3 is 5.32 Å². The number of amides is 2. The van der Waals surface area contributed by atoms with Crippen LogP contribution in [0.15, 0.2) is 24.3 Å². The third-order valence-electron chi connectivity index (χ3n) is 1.26.